The molecule has 0 fully saturated rings. The van der Waals surface area contributed by atoms with Gasteiger partial charge < -0.3 is 30.2 Å². The minimum Gasteiger partial charge on any atom is -0.504 e. The van der Waals surface area contributed by atoms with Crippen molar-refractivity contribution in [2.24, 2.45) is 5.73 Å². The van der Waals surface area contributed by atoms with E-state index in [1.54, 1.807) is 26.8 Å². The van der Waals surface area contributed by atoms with Crippen LogP contribution in [0.5, 0.6) is 11.5 Å². The molecule has 0 aliphatic heterocycles. The molecule has 0 aromatic heterocycles. The van der Waals surface area contributed by atoms with Gasteiger partial charge in [0.05, 0.1) is 0 Å². The summed E-state index contributed by atoms with van der Waals surface area (Å²) >= 11 is 0. The highest BCUT2D eigenvalue weighted by atomic mass is 16.7. The standard InChI is InChI=1S/C19H29NO7/c1-5-6-11(2)25-19(24)27-13(4)12(3)26-18(23)15(20)9-14-7-8-16(21)17(22)10-14/h7-8,10-13,15,21-22H,5-6,9,20H2,1-4H3/t11?,12-,13+,15+/m1/s1. The number of phenolic OH excluding ortho intramolecular Hbond substituents is 2. The van der Waals surface area contributed by atoms with Gasteiger partial charge in [0.1, 0.15) is 24.4 Å². The molecule has 1 aromatic carbocycles. The summed E-state index contributed by atoms with van der Waals surface area (Å²) in [4.78, 5) is 23.8. The van der Waals surface area contributed by atoms with Crippen LogP contribution >= 0.6 is 0 Å². The Hall–Kier alpha value is -2.48. The number of esters is 1. The van der Waals surface area contributed by atoms with Crippen molar-refractivity contribution in [1.29, 1.82) is 0 Å². The molecule has 4 atom stereocenters. The number of aromatic hydroxyl groups is 2. The average molecular weight is 383 g/mol. The monoisotopic (exact) mass is 383 g/mol. The highest BCUT2D eigenvalue weighted by Gasteiger charge is 2.25. The van der Waals surface area contributed by atoms with Gasteiger partial charge in [-0.1, -0.05) is 19.4 Å². The van der Waals surface area contributed by atoms with E-state index >= 15 is 0 Å². The minimum absolute atomic E-state index is 0.116. The third kappa shape index (κ3) is 7.74. The van der Waals surface area contributed by atoms with Gasteiger partial charge >= 0.3 is 12.1 Å². The molecule has 8 nitrogen and oxygen atoms in total. The normalized spacial score (nSPS) is 15.3. The van der Waals surface area contributed by atoms with Crippen molar-refractivity contribution < 1.29 is 34.0 Å². The molecule has 1 rings (SSSR count). The lowest BCUT2D eigenvalue weighted by Gasteiger charge is -2.23. The molecule has 0 bridgehead atoms. The summed E-state index contributed by atoms with van der Waals surface area (Å²) < 4.78 is 15.5. The Morgan fingerprint density at radius 2 is 1.67 bits per heavy atom. The van der Waals surface area contributed by atoms with E-state index in [9.17, 15) is 19.8 Å². The van der Waals surface area contributed by atoms with Gasteiger partial charge in [0.2, 0.25) is 0 Å². The number of rotatable bonds is 9. The van der Waals surface area contributed by atoms with Crippen LogP contribution in [0.4, 0.5) is 4.79 Å². The van der Waals surface area contributed by atoms with Gasteiger partial charge in [0, 0.05) is 0 Å². The molecule has 0 aliphatic carbocycles. The number of benzene rings is 1. The molecular weight excluding hydrogens is 354 g/mol. The molecule has 0 heterocycles. The second-order valence-corrected chi connectivity index (χ2v) is 6.57. The largest absolute Gasteiger partial charge is 0.508 e. The number of ether oxygens (including phenoxy) is 3. The van der Waals surface area contributed by atoms with Gasteiger partial charge in [-0.15, -0.1) is 0 Å². The third-order valence-corrected chi connectivity index (χ3v) is 4.04. The summed E-state index contributed by atoms with van der Waals surface area (Å²) in [5.74, 6) is -1.22. The summed E-state index contributed by atoms with van der Waals surface area (Å²) in [6, 6.07) is 3.21. The van der Waals surface area contributed by atoms with E-state index in [2.05, 4.69) is 0 Å². The molecule has 4 N–H and O–H groups in total. The molecule has 27 heavy (non-hydrogen) atoms. The fraction of sp³-hybridized carbons (Fsp3) is 0.579. The van der Waals surface area contributed by atoms with Crippen LogP contribution < -0.4 is 5.73 Å². The first-order valence-electron chi connectivity index (χ1n) is 8.98. The molecule has 0 spiro atoms. The maximum absolute atomic E-state index is 12.1. The van der Waals surface area contributed by atoms with Crippen LogP contribution in [0.3, 0.4) is 0 Å². The van der Waals surface area contributed by atoms with Crippen molar-refractivity contribution in [3.8, 4) is 11.5 Å². The van der Waals surface area contributed by atoms with Gasteiger partial charge in [-0.05, 0) is 51.3 Å². The molecule has 0 saturated heterocycles. The second kappa shape index (κ2) is 10.6. The molecule has 0 saturated carbocycles. The highest BCUT2D eigenvalue weighted by Crippen LogP contribution is 2.25. The lowest BCUT2D eigenvalue weighted by Crippen LogP contribution is -2.39. The van der Waals surface area contributed by atoms with E-state index in [1.165, 1.54) is 12.1 Å². The van der Waals surface area contributed by atoms with Crippen LogP contribution in [0.1, 0.15) is 46.1 Å². The second-order valence-electron chi connectivity index (χ2n) is 6.57. The smallest absolute Gasteiger partial charge is 0.504 e. The summed E-state index contributed by atoms with van der Waals surface area (Å²) in [7, 11) is 0. The van der Waals surface area contributed by atoms with E-state index < -0.39 is 30.4 Å². The average Bonchev–Trinajstić information content (AvgIpc) is 2.57. The van der Waals surface area contributed by atoms with Crippen molar-refractivity contribution in [2.75, 3.05) is 0 Å². The Morgan fingerprint density at radius 1 is 1.04 bits per heavy atom. The first-order chi connectivity index (χ1) is 12.6. The summed E-state index contributed by atoms with van der Waals surface area (Å²) in [6.45, 7) is 6.94. The van der Waals surface area contributed by atoms with E-state index in [0.29, 0.717) is 5.56 Å². The Balaban J connectivity index is 2.49. The molecule has 1 unspecified atom stereocenters. The number of carbonyl (C=O) groups is 2. The summed E-state index contributed by atoms with van der Waals surface area (Å²) in [5, 5.41) is 18.8. The predicted octanol–water partition coefficient (Wildman–Crippen LogP) is 2.63. The molecule has 0 amide bonds. The van der Waals surface area contributed by atoms with Gasteiger partial charge in [-0.3, -0.25) is 4.79 Å². The topological polar surface area (TPSA) is 128 Å². The number of nitrogens with two attached hydrogens (primary N) is 1. The quantitative estimate of drug-likeness (QED) is 0.438. The van der Waals surface area contributed by atoms with Crippen molar-refractivity contribution in [3.63, 3.8) is 0 Å². The Labute approximate surface area is 159 Å². The van der Waals surface area contributed by atoms with Gasteiger partial charge in [0.15, 0.2) is 11.5 Å². The maximum atomic E-state index is 12.1. The van der Waals surface area contributed by atoms with Crippen LogP contribution in [0, 0.1) is 0 Å². The van der Waals surface area contributed by atoms with Gasteiger partial charge in [-0.2, -0.15) is 0 Å². The van der Waals surface area contributed by atoms with Crippen LogP contribution in [0.25, 0.3) is 0 Å². The number of hydrogen-bond acceptors (Lipinski definition) is 8. The number of hydrogen-bond donors (Lipinski definition) is 3. The lowest BCUT2D eigenvalue weighted by atomic mass is 10.1. The number of carbonyl (C=O) groups excluding carboxylic acids is 2. The first kappa shape index (κ1) is 22.6. The summed E-state index contributed by atoms with van der Waals surface area (Å²) in [5.41, 5.74) is 6.40. The molecule has 0 radical (unpaired) electrons. The van der Waals surface area contributed by atoms with Crippen LogP contribution in [-0.2, 0) is 25.4 Å². The zero-order valence-corrected chi connectivity index (χ0v) is 16.2. The molecule has 1 aromatic rings. The van der Waals surface area contributed by atoms with Gasteiger partial charge in [0.25, 0.3) is 0 Å². The third-order valence-electron chi connectivity index (χ3n) is 4.04. The van der Waals surface area contributed by atoms with Crippen molar-refractivity contribution in [3.05, 3.63) is 23.8 Å². The van der Waals surface area contributed by atoms with E-state index in [-0.39, 0.29) is 24.0 Å². The van der Waals surface area contributed by atoms with E-state index in [0.717, 1.165) is 12.8 Å². The lowest BCUT2D eigenvalue weighted by molar-refractivity contribution is -0.155. The van der Waals surface area contributed by atoms with Crippen LogP contribution in [0.2, 0.25) is 0 Å². The summed E-state index contributed by atoms with van der Waals surface area (Å²) in [6.07, 6.45) is -0.751. The maximum Gasteiger partial charge on any atom is 0.508 e. The van der Waals surface area contributed by atoms with Crippen molar-refractivity contribution in [1.82, 2.24) is 0 Å². The van der Waals surface area contributed by atoms with Crippen molar-refractivity contribution >= 4 is 12.1 Å². The van der Waals surface area contributed by atoms with Gasteiger partial charge in [-0.25, -0.2) is 4.79 Å². The first-order valence-corrected chi connectivity index (χ1v) is 8.98. The highest BCUT2D eigenvalue weighted by molar-refractivity contribution is 5.76. The molecule has 152 valence electrons. The fourth-order valence-corrected chi connectivity index (χ4v) is 2.30. The zero-order chi connectivity index (χ0) is 20.6. The van der Waals surface area contributed by atoms with Crippen molar-refractivity contribution in [2.45, 2.75) is 71.3 Å². The van der Waals surface area contributed by atoms with E-state index in [4.69, 9.17) is 19.9 Å². The molecular formula is C19H29NO7. The SMILES string of the molecule is CCCC(C)OC(=O)O[C@@H](C)[C@@H](C)OC(=O)[C@@H](N)Cc1ccc(O)c(O)c1. The number of phenols is 2. The van der Waals surface area contributed by atoms with Crippen LogP contribution in [0.15, 0.2) is 18.2 Å². The Bertz CT molecular complexity index is 634. The zero-order valence-electron chi connectivity index (χ0n) is 16.2. The fourth-order valence-electron chi connectivity index (χ4n) is 2.30. The molecule has 8 heteroatoms. The van der Waals surface area contributed by atoms with Crippen LogP contribution in [-0.4, -0.2) is 46.7 Å². The predicted molar refractivity (Wildman–Crippen MR) is 98.4 cm³/mol. The molecule has 0 aliphatic rings. The Kier molecular flexibility index (Phi) is 8.87. The van der Waals surface area contributed by atoms with E-state index in [1.807, 2.05) is 6.92 Å². The Morgan fingerprint density at radius 3 is 2.26 bits per heavy atom. The minimum atomic E-state index is -0.972.